The monoisotopic (exact) mass is 298 g/mol. The van der Waals surface area contributed by atoms with Crippen molar-refractivity contribution in [2.45, 2.75) is 20.8 Å². The SMILES string of the molecule is Cc1csc(-c2c(N)nsc2NCC(C)(C)CO)n1. The van der Waals surface area contributed by atoms with Crippen molar-refractivity contribution in [3.63, 3.8) is 0 Å². The minimum absolute atomic E-state index is 0.125. The van der Waals surface area contributed by atoms with Gasteiger partial charge in [0.05, 0.1) is 5.56 Å². The van der Waals surface area contributed by atoms with Crippen LogP contribution in [0.2, 0.25) is 0 Å². The molecule has 0 atom stereocenters. The number of aliphatic hydroxyl groups excluding tert-OH is 1. The fourth-order valence-corrected chi connectivity index (χ4v) is 3.10. The second-order valence-corrected chi connectivity index (χ2v) is 6.87. The molecule has 5 nitrogen and oxygen atoms in total. The van der Waals surface area contributed by atoms with E-state index in [1.807, 2.05) is 26.2 Å². The molecule has 4 N–H and O–H groups in total. The molecule has 2 heterocycles. The zero-order valence-electron chi connectivity index (χ0n) is 11.2. The number of hydrogen-bond donors (Lipinski definition) is 3. The summed E-state index contributed by atoms with van der Waals surface area (Å²) in [6.07, 6.45) is 0. The molecule has 2 aromatic heterocycles. The molecule has 19 heavy (non-hydrogen) atoms. The number of aliphatic hydroxyl groups is 1. The maximum Gasteiger partial charge on any atom is 0.149 e. The Bertz CT molecular complexity index is 562. The first-order valence-corrected chi connectivity index (χ1v) is 7.60. The van der Waals surface area contributed by atoms with E-state index in [1.165, 1.54) is 11.5 Å². The van der Waals surface area contributed by atoms with Crippen LogP contribution >= 0.6 is 22.9 Å². The first kappa shape index (κ1) is 14.2. The Morgan fingerprint density at radius 2 is 2.21 bits per heavy atom. The van der Waals surface area contributed by atoms with Crippen LogP contribution in [0.15, 0.2) is 5.38 Å². The van der Waals surface area contributed by atoms with Gasteiger partial charge in [-0.3, -0.25) is 0 Å². The lowest BCUT2D eigenvalue weighted by atomic mass is 9.95. The van der Waals surface area contributed by atoms with Gasteiger partial charge in [-0.25, -0.2) is 4.98 Å². The van der Waals surface area contributed by atoms with Crippen LogP contribution in [0.25, 0.3) is 10.6 Å². The maximum atomic E-state index is 9.28. The van der Waals surface area contributed by atoms with Crippen LogP contribution in [0, 0.1) is 12.3 Å². The van der Waals surface area contributed by atoms with E-state index in [0.29, 0.717) is 12.4 Å². The van der Waals surface area contributed by atoms with Crippen LogP contribution in [0.3, 0.4) is 0 Å². The number of aromatic nitrogens is 2. The van der Waals surface area contributed by atoms with E-state index < -0.39 is 0 Å². The van der Waals surface area contributed by atoms with E-state index in [2.05, 4.69) is 14.7 Å². The molecule has 0 amide bonds. The molecule has 0 unspecified atom stereocenters. The van der Waals surface area contributed by atoms with Gasteiger partial charge in [0.15, 0.2) is 0 Å². The van der Waals surface area contributed by atoms with Crippen molar-refractivity contribution in [1.29, 1.82) is 0 Å². The predicted molar refractivity (Wildman–Crippen MR) is 81.7 cm³/mol. The summed E-state index contributed by atoms with van der Waals surface area (Å²) < 4.78 is 4.19. The van der Waals surface area contributed by atoms with Gasteiger partial charge in [0, 0.05) is 29.6 Å². The molecule has 7 heteroatoms. The minimum Gasteiger partial charge on any atom is -0.396 e. The number of nitrogen functional groups attached to an aromatic ring is 1. The van der Waals surface area contributed by atoms with Gasteiger partial charge >= 0.3 is 0 Å². The lowest BCUT2D eigenvalue weighted by Crippen LogP contribution is -2.26. The number of thiazole rings is 1. The van der Waals surface area contributed by atoms with Crippen molar-refractivity contribution < 1.29 is 5.11 Å². The Labute approximate surface area is 120 Å². The number of anilines is 2. The number of hydrogen-bond acceptors (Lipinski definition) is 7. The van der Waals surface area contributed by atoms with Crippen molar-refractivity contribution in [2.75, 3.05) is 24.2 Å². The molecule has 104 valence electrons. The largest absolute Gasteiger partial charge is 0.396 e. The molecule has 2 rings (SSSR count). The Morgan fingerprint density at radius 1 is 1.47 bits per heavy atom. The average molecular weight is 298 g/mol. The van der Waals surface area contributed by atoms with Gasteiger partial charge in [-0.05, 0) is 18.5 Å². The number of nitrogens with zero attached hydrogens (tertiary/aromatic N) is 2. The number of nitrogens with one attached hydrogen (secondary N) is 1. The van der Waals surface area contributed by atoms with Crippen LogP contribution in [0.4, 0.5) is 10.8 Å². The molecule has 0 bridgehead atoms. The summed E-state index contributed by atoms with van der Waals surface area (Å²) >= 11 is 2.89. The fraction of sp³-hybridized carbons (Fsp3) is 0.500. The second kappa shape index (κ2) is 5.44. The summed E-state index contributed by atoms with van der Waals surface area (Å²) in [6.45, 7) is 6.73. The van der Waals surface area contributed by atoms with E-state index in [4.69, 9.17) is 5.73 Å². The highest BCUT2D eigenvalue weighted by molar-refractivity contribution is 7.15. The van der Waals surface area contributed by atoms with Crippen LogP contribution in [0.5, 0.6) is 0 Å². The van der Waals surface area contributed by atoms with Crippen molar-refractivity contribution in [3.05, 3.63) is 11.1 Å². The first-order valence-electron chi connectivity index (χ1n) is 5.95. The second-order valence-electron chi connectivity index (χ2n) is 5.24. The Kier molecular flexibility index (Phi) is 4.07. The number of nitrogens with two attached hydrogens (primary N) is 1. The molecule has 0 aromatic carbocycles. The Balaban J connectivity index is 2.23. The third-order valence-corrected chi connectivity index (χ3v) is 4.50. The van der Waals surface area contributed by atoms with Gasteiger partial charge in [-0.15, -0.1) is 11.3 Å². The van der Waals surface area contributed by atoms with Crippen molar-refractivity contribution >= 4 is 33.7 Å². The molecule has 2 aromatic rings. The highest BCUT2D eigenvalue weighted by Gasteiger charge is 2.20. The van der Waals surface area contributed by atoms with E-state index in [9.17, 15) is 5.11 Å². The summed E-state index contributed by atoms with van der Waals surface area (Å²) in [4.78, 5) is 4.46. The van der Waals surface area contributed by atoms with E-state index in [0.717, 1.165) is 21.3 Å². The molecule has 0 aliphatic rings. The normalized spacial score (nSPS) is 11.8. The zero-order chi connectivity index (χ0) is 14.0. The van der Waals surface area contributed by atoms with Gasteiger partial charge in [0.25, 0.3) is 0 Å². The number of rotatable bonds is 5. The van der Waals surface area contributed by atoms with Crippen LogP contribution < -0.4 is 11.1 Å². The van der Waals surface area contributed by atoms with Crippen LogP contribution in [-0.2, 0) is 0 Å². The molecular weight excluding hydrogens is 280 g/mol. The van der Waals surface area contributed by atoms with Gasteiger partial charge in [-0.1, -0.05) is 13.8 Å². The topological polar surface area (TPSA) is 84.1 Å². The summed E-state index contributed by atoms with van der Waals surface area (Å²) in [5, 5.41) is 16.4. The van der Waals surface area contributed by atoms with E-state index in [1.54, 1.807) is 11.3 Å². The molecule has 0 saturated carbocycles. The summed E-state index contributed by atoms with van der Waals surface area (Å²) in [5.41, 5.74) is 7.60. The predicted octanol–water partition coefficient (Wildman–Crippen LogP) is 2.59. The van der Waals surface area contributed by atoms with E-state index in [-0.39, 0.29) is 12.0 Å². The molecule has 0 fully saturated rings. The van der Waals surface area contributed by atoms with Crippen molar-refractivity contribution in [3.8, 4) is 10.6 Å². The molecule has 0 spiro atoms. The van der Waals surface area contributed by atoms with Gasteiger partial charge < -0.3 is 16.2 Å². The fourth-order valence-electron chi connectivity index (χ4n) is 1.47. The summed E-state index contributed by atoms with van der Waals surface area (Å²) in [6, 6.07) is 0. The maximum absolute atomic E-state index is 9.28. The molecule has 0 radical (unpaired) electrons. The van der Waals surface area contributed by atoms with Crippen LogP contribution in [0.1, 0.15) is 19.5 Å². The van der Waals surface area contributed by atoms with Gasteiger partial charge in [0.2, 0.25) is 0 Å². The van der Waals surface area contributed by atoms with Gasteiger partial charge in [0.1, 0.15) is 15.8 Å². The van der Waals surface area contributed by atoms with Crippen LogP contribution in [-0.4, -0.2) is 27.6 Å². The van der Waals surface area contributed by atoms with Gasteiger partial charge in [-0.2, -0.15) is 4.37 Å². The summed E-state index contributed by atoms with van der Waals surface area (Å²) in [5.74, 6) is 0.503. The lowest BCUT2D eigenvalue weighted by molar-refractivity contribution is 0.171. The molecular formula is C12H18N4OS2. The average Bonchev–Trinajstić information content (AvgIpc) is 2.93. The van der Waals surface area contributed by atoms with E-state index >= 15 is 0 Å². The minimum atomic E-state index is -0.186. The third-order valence-electron chi connectivity index (χ3n) is 2.71. The smallest absolute Gasteiger partial charge is 0.149 e. The summed E-state index contributed by atoms with van der Waals surface area (Å²) in [7, 11) is 0. The standard InChI is InChI=1S/C12H18N4OS2/c1-7-4-18-11(15-7)8-9(13)16-19-10(8)14-5-12(2,3)6-17/h4,14,17H,5-6H2,1-3H3,(H2,13,16). The van der Waals surface area contributed by atoms with Crippen molar-refractivity contribution in [2.24, 2.45) is 5.41 Å². The lowest BCUT2D eigenvalue weighted by Gasteiger charge is -2.22. The first-order chi connectivity index (χ1) is 8.93. The third kappa shape index (κ3) is 3.23. The Morgan fingerprint density at radius 3 is 2.79 bits per heavy atom. The highest BCUT2D eigenvalue weighted by atomic mass is 32.1. The molecule has 0 saturated heterocycles. The quantitative estimate of drug-likeness (QED) is 0.790. The Hall–Kier alpha value is -1.18. The highest BCUT2D eigenvalue weighted by Crippen LogP contribution is 2.38. The number of aryl methyl sites for hydroxylation is 1. The molecule has 0 aliphatic heterocycles. The molecule has 0 aliphatic carbocycles. The van der Waals surface area contributed by atoms with Crippen molar-refractivity contribution in [1.82, 2.24) is 9.36 Å². The zero-order valence-corrected chi connectivity index (χ0v) is 12.9.